The molecule has 6 heteroatoms. The number of carbonyl (C=O) groups is 1. The average Bonchev–Trinajstić information content (AvgIpc) is 2.73. The molecule has 0 saturated carbocycles. The molecule has 1 N–H and O–H groups in total. The first-order chi connectivity index (χ1) is 14.0. The van der Waals surface area contributed by atoms with E-state index in [4.69, 9.17) is 14.2 Å². The van der Waals surface area contributed by atoms with E-state index in [1.807, 2.05) is 30.3 Å². The topological polar surface area (TPSA) is 68.2 Å². The van der Waals surface area contributed by atoms with E-state index in [1.165, 1.54) is 12.1 Å². The zero-order chi connectivity index (χ0) is 20.8. The zero-order valence-corrected chi connectivity index (χ0v) is 17.2. The summed E-state index contributed by atoms with van der Waals surface area (Å²) in [7, 11) is 1.59. The van der Waals surface area contributed by atoms with Crippen molar-refractivity contribution in [2.75, 3.05) is 33.4 Å². The lowest BCUT2D eigenvalue weighted by Crippen LogP contribution is -2.48. The number of nitrogens with zero attached hydrogens (tertiary/aromatic N) is 1. The van der Waals surface area contributed by atoms with Gasteiger partial charge in [-0.05, 0) is 23.6 Å². The molecule has 0 aliphatic carbocycles. The van der Waals surface area contributed by atoms with E-state index in [-0.39, 0.29) is 29.8 Å². The summed E-state index contributed by atoms with van der Waals surface area (Å²) in [5, 5.41) is 10.1. The molecule has 1 saturated heterocycles. The molecule has 1 heterocycles. The van der Waals surface area contributed by atoms with Gasteiger partial charge in [0.1, 0.15) is 24.2 Å². The van der Waals surface area contributed by atoms with Crippen LogP contribution in [0.3, 0.4) is 0 Å². The Balaban J connectivity index is 1.81. The third-order valence-electron chi connectivity index (χ3n) is 5.02. The number of aromatic hydroxyl groups is 1. The van der Waals surface area contributed by atoms with Crippen molar-refractivity contribution in [2.24, 2.45) is 5.92 Å². The highest BCUT2D eigenvalue weighted by Crippen LogP contribution is 2.30. The second-order valence-corrected chi connectivity index (χ2v) is 7.58. The highest BCUT2D eigenvalue weighted by molar-refractivity contribution is 5.95. The average molecular weight is 399 g/mol. The Morgan fingerprint density at radius 2 is 1.93 bits per heavy atom. The van der Waals surface area contributed by atoms with Gasteiger partial charge in [-0.1, -0.05) is 44.2 Å². The van der Waals surface area contributed by atoms with Crippen molar-refractivity contribution in [3.8, 4) is 11.5 Å². The summed E-state index contributed by atoms with van der Waals surface area (Å²) in [6, 6.07) is 14.6. The van der Waals surface area contributed by atoms with E-state index in [9.17, 15) is 9.90 Å². The normalized spacial score (nSPS) is 19.4. The first-order valence-corrected chi connectivity index (χ1v) is 9.93. The maximum Gasteiger partial charge on any atom is 0.254 e. The molecule has 1 amide bonds. The minimum Gasteiger partial charge on any atom is -0.508 e. The van der Waals surface area contributed by atoms with Gasteiger partial charge in [-0.15, -0.1) is 0 Å². The van der Waals surface area contributed by atoms with Gasteiger partial charge in [-0.2, -0.15) is 0 Å². The fourth-order valence-electron chi connectivity index (χ4n) is 3.39. The van der Waals surface area contributed by atoms with Crippen molar-refractivity contribution in [3.63, 3.8) is 0 Å². The molecule has 3 rings (SSSR count). The quantitative estimate of drug-likeness (QED) is 0.720. The maximum atomic E-state index is 13.3. The number of hydrogen-bond acceptors (Lipinski definition) is 5. The molecule has 0 bridgehead atoms. The third-order valence-corrected chi connectivity index (χ3v) is 5.02. The predicted octanol–water partition coefficient (Wildman–Crippen LogP) is 3.66. The van der Waals surface area contributed by atoms with E-state index in [0.717, 1.165) is 5.56 Å². The summed E-state index contributed by atoms with van der Waals surface area (Å²) < 4.78 is 16.8. The van der Waals surface area contributed by atoms with Crippen molar-refractivity contribution in [2.45, 2.75) is 26.1 Å². The summed E-state index contributed by atoms with van der Waals surface area (Å²) in [6.07, 6.45) is -0.247. The Hall–Kier alpha value is -2.57. The molecule has 1 aliphatic heterocycles. The summed E-state index contributed by atoms with van der Waals surface area (Å²) in [4.78, 5) is 15.1. The van der Waals surface area contributed by atoms with Crippen LogP contribution in [0.2, 0.25) is 0 Å². The van der Waals surface area contributed by atoms with Gasteiger partial charge < -0.3 is 24.2 Å². The number of hydrogen-bond donors (Lipinski definition) is 1. The first-order valence-electron chi connectivity index (χ1n) is 9.93. The molecule has 0 spiro atoms. The van der Waals surface area contributed by atoms with Crippen LogP contribution < -0.4 is 4.74 Å². The number of amides is 1. The Bertz CT molecular complexity index is 808. The van der Waals surface area contributed by atoms with Crippen LogP contribution in [0.25, 0.3) is 0 Å². The first kappa shape index (κ1) is 21.1. The van der Waals surface area contributed by atoms with Gasteiger partial charge >= 0.3 is 0 Å². The van der Waals surface area contributed by atoms with Gasteiger partial charge in [0.05, 0.1) is 19.3 Å². The molecule has 0 aromatic heterocycles. The van der Waals surface area contributed by atoms with Crippen LogP contribution in [0.4, 0.5) is 0 Å². The lowest BCUT2D eigenvalue weighted by Gasteiger charge is -2.40. The van der Waals surface area contributed by atoms with E-state index in [2.05, 4.69) is 13.8 Å². The van der Waals surface area contributed by atoms with Crippen molar-refractivity contribution in [3.05, 3.63) is 59.7 Å². The van der Waals surface area contributed by atoms with Crippen LogP contribution in [0.15, 0.2) is 48.5 Å². The summed E-state index contributed by atoms with van der Waals surface area (Å²) in [6.45, 7) is 5.93. The number of methoxy groups -OCH3 is 1. The fraction of sp³-hybridized carbons (Fsp3) is 0.435. The molecule has 0 radical (unpaired) electrons. The smallest absolute Gasteiger partial charge is 0.254 e. The van der Waals surface area contributed by atoms with Crippen LogP contribution in [0.5, 0.6) is 11.5 Å². The molecule has 2 aromatic rings. The molecular weight excluding hydrogens is 370 g/mol. The van der Waals surface area contributed by atoms with Crippen LogP contribution in [-0.4, -0.2) is 55.4 Å². The van der Waals surface area contributed by atoms with E-state index in [1.54, 1.807) is 18.1 Å². The van der Waals surface area contributed by atoms with Gasteiger partial charge in [0.25, 0.3) is 5.91 Å². The van der Waals surface area contributed by atoms with Gasteiger partial charge in [-0.25, -0.2) is 0 Å². The number of phenolic OH excluding ortho intramolecular Hbond substituents is 1. The van der Waals surface area contributed by atoms with Crippen LogP contribution in [0, 0.1) is 5.92 Å². The number of rotatable bonds is 7. The molecule has 2 aromatic carbocycles. The lowest BCUT2D eigenvalue weighted by molar-refractivity contribution is -0.0954. The molecule has 6 nitrogen and oxygen atoms in total. The van der Waals surface area contributed by atoms with E-state index >= 15 is 0 Å². The minimum absolute atomic E-state index is 0.00320. The van der Waals surface area contributed by atoms with Crippen LogP contribution >= 0.6 is 0 Å². The fourth-order valence-corrected chi connectivity index (χ4v) is 3.39. The lowest BCUT2D eigenvalue weighted by atomic mass is 10.0. The number of carbonyl (C=O) groups excluding carboxylic acids is 1. The minimum atomic E-state index is -0.184. The van der Waals surface area contributed by atoms with Crippen molar-refractivity contribution in [1.29, 1.82) is 0 Å². The highest BCUT2D eigenvalue weighted by atomic mass is 16.5. The van der Waals surface area contributed by atoms with Gasteiger partial charge in [0, 0.05) is 25.3 Å². The standard InChI is InChI=1S/C23H29NO5/c1-16(2)21-14-24(15-22(29-21)17-7-5-4-6-8-17)23(26)18-11-19(25)13-20(12-18)28-10-9-27-3/h4-8,11-13,16,21-22,25H,9-10,14-15H2,1-3H3/t21-,22+/m1/s1. The number of ether oxygens (including phenoxy) is 3. The van der Waals surface area contributed by atoms with Gasteiger partial charge in [0.15, 0.2) is 0 Å². The maximum absolute atomic E-state index is 13.3. The molecule has 2 atom stereocenters. The molecule has 156 valence electrons. The Labute approximate surface area is 172 Å². The monoisotopic (exact) mass is 399 g/mol. The summed E-state index contributed by atoms with van der Waals surface area (Å²) >= 11 is 0. The zero-order valence-electron chi connectivity index (χ0n) is 17.2. The highest BCUT2D eigenvalue weighted by Gasteiger charge is 2.33. The largest absolute Gasteiger partial charge is 0.508 e. The Kier molecular flexibility index (Phi) is 7.12. The van der Waals surface area contributed by atoms with E-state index < -0.39 is 0 Å². The van der Waals surface area contributed by atoms with Crippen molar-refractivity contribution >= 4 is 5.91 Å². The van der Waals surface area contributed by atoms with Gasteiger partial charge in [-0.3, -0.25) is 4.79 Å². The second kappa shape index (κ2) is 9.76. The molecular formula is C23H29NO5. The number of benzene rings is 2. The SMILES string of the molecule is COCCOc1cc(O)cc(C(=O)N2C[C@@H](c3ccccc3)O[C@@H](C(C)C)C2)c1. The third kappa shape index (κ3) is 5.49. The molecule has 0 unspecified atom stereocenters. The second-order valence-electron chi connectivity index (χ2n) is 7.58. The van der Waals surface area contributed by atoms with E-state index in [0.29, 0.717) is 37.6 Å². The number of phenols is 1. The predicted molar refractivity (Wildman–Crippen MR) is 110 cm³/mol. The Morgan fingerprint density at radius 3 is 2.62 bits per heavy atom. The Morgan fingerprint density at radius 1 is 1.17 bits per heavy atom. The number of morpholine rings is 1. The summed E-state index contributed by atoms with van der Waals surface area (Å²) in [5.74, 6) is 0.566. The summed E-state index contributed by atoms with van der Waals surface area (Å²) in [5.41, 5.74) is 1.45. The molecule has 1 aliphatic rings. The molecule has 29 heavy (non-hydrogen) atoms. The van der Waals surface area contributed by atoms with Crippen molar-refractivity contribution < 1.29 is 24.1 Å². The van der Waals surface area contributed by atoms with Crippen LogP contribution in [0.1, 0.15) is 35.9 Å². The molecule has 1 fully saturated rings. The van der Waals surface area contributed by atoms with Gasteiger partial charge in [0.2, 0.25) is 0 Å². The van der Waals surface area contributed by atoms with Crippen molar-refractivity contribution in [1.82, 2.24) is 4.90 Å². The van der Waals surface area contributed by atoms with Crippen LogP contribution in [-0.2, 0) is 9.47 Å².